The molecule has 0 bridgehead atoms. The lowest BCUT2D eigenvalue weighted by Gasteiger charge is -2.48. The van der Waals surface area contributed by atoms with Crippen LogP contribution >= 0.6 is 0 Å². The quantitative estimate of drug-likeness (QED) is 0.320. The molecule has 0 aliphatic heterocycles. The first-order chi connectivity index (χ1) is 18.5. The van der Waals surface area contributed by atoms with Gasteiger partial charge in [0, 0.05) is 0 Å². The first-order valence-corrected chi connectivity index (χ1v) is 18.3. The van der Waals surface area contributed by atoms with Crippen molar-refractivity contribution in [1.29, 1.82) is 0 Å². The van der Waals surface area contributed by atoms with Crippen molar-refractivity contribution in [3.8, 4) is 0 Å². The minimum Gasteiger partial charge on any atom is -0.0808 e. The Morgan fingerprint density at radius 3 is 1.55 bits per heavy atom. The molecule has 2 saturated carbocycles. The van der Waals surface area contributed by atoms with Gasteiger partial charge in [0.25, 0.3) is 0 Å². The summed E-state index contributed by atoms with van der Waals surface area (Å²) in [5, 5.41) is 0. The summed E-state index contributed by atoms with van der Waals surface area (Å²) in [6, 6.07) is 24.0. The van der Waals surface area contributed by atoms with Gasteiger partial charge in [-0.1, -0.05) is 143 Å². The Labute approximate surface area is 232 Å². The van der Waals surface area contributed by atoms with Crippen LogP contribution in [0.2, 0.25) is 23.7 Å². The van der Waals surface area contributed by atoms with Crippen molar-refractivity contribution in [3.05, 3.63) is 108 Å². The lowest BCUT2D eigenvalue weighted by Crippen LogP contribution is -2.48. The van der Waals surface area contributed by atoms with Crippen LogP contribution in [0.25, 0.3) is 11.1 Å². The summed E-state index contributed by atoms with van der Waals surface area (Å²) in [5.41, 5.74) is 7.83. The van der Waals surface area contributed by atoms with Gasteiger partial charge in [-0.05, 0) is 81.7 Å². The Bertz CT molecular complexity index is 1140. The Kier molecular flexibility index (Phi) is 7.25. The first kappa shape index (κ1) is 25.9. The van der Waals surface area contributed by atoms with Gasteiger partial charge >= 0.3 is 0 Å². The highest BCUT2D eigenvalue weighted by molar-refractivity contribution is 6.81. The van der Waals surface area contributed by atoms with Crippen LogP contribution < -0.4 is 0 Å². The summed E-state index contributed by atoms with van der Waals surface area (Å²) < 4.78 is 0. The molecule has 0 radical (unpaired) electrons. The molecule has 4 aliphatic carbocycles. The van der Waals surface area contributed by atoms with Gasteiger partial charge in [-0.2, -0.15) is 0 Å². The molecular formula is C37H46Si. The van der Waals surface area contributed by atoms with Gasteiger partial charge in [0.05, 0.1) is 8.07 Å². The largest absolute Gasteiger partial charge is 0.0808 e. The number of benzene rings is 2. The highest BCUT2D eigenvalue weighted by Gasteiger charge is 2.59. The summed E-state index contributed by atoms with van der Waals surface area (Å²) >= 11 is 0. The molecule has 6 rings (SSSR count). The zero-order valence-electron chi connectivity index (χ0n) is 23.9. The normalized spacial score (nSPS) is 35.3. The number of hydrogen-bond acceptors (Lipinski definition) is 0. The molecule has 2 aromatic carbocycles. The molecule has 0 nitrogen and oxygen atoms in total. The molecule has 8 atom stereocenters. The van der Waals surface area contributed by atoms with E-state index in [-0.39, 0.29) is 0 Å². The van der Waals surface area contributed by atoms with Crippen LogP contribution in [0.5, 0.6) is 0 Å². The van der Waals surface area contributed by atoms with Gasteiger partial charge in [-0.15, -0.1) is 0 Å². The van der Waals surface area contributed by atoms with Gasteiger partial charge in [0.15, 0.2) is 0 Å². The van der Waals surface area contributed by atoms with Crippen LogP contribution in [0.3, 0.4) is 0 Å². The van der Waals surface area contributed by atoms with Gasteiger partial charge in [0.1, 0.15) is 0 Å². The molecule has 38 heavy (non-hydrogen) atoms. The molecule has 2 aromatic rings. The highest BCUT2D eigenvalue weighted by atomic mass is 28.3. The second-order valence-corrected chi connectivity index (χ2v) is 18.0. The van der Waals surface area contributed by atoms with Crippen LogP contribution in [0.4, 0.5) is 0 Å². The van der Waals surface area contributed by atoms with Crippen LogP contribution in [-0.4, -0.2) is 8.07 Å². The second kappa shape index (κ2) is 10.6. The Hall–Kier alpha value is -2.38. The molecule has 0 heterocycles. The van der Waals surface area contributed by atoms with E-state index in [0.29, 0.717) is 23.7 Å². The maximum Gasteiger partial charge on any atom is 0.0584 e. The van der Waals surface area contributed by atoms with Crippen LogP contribution in [0.1, 0.15) is 57.6 Å². The van der Waals surface area contributed by atoms with Gasteiger partial charge in [0.2, 0.25) is 0 Å². The second-order valence-electron chi connectivity index (χ2n) is 13.2. The van der Waals surface area contributed by atoms with Crippen molar-refractivity contribution in [3.63, 3.8) is 0 Å². The van der Waals surface area contributed by atoms with E-state index in [0.717, 1.165) is 22.9 Å². The fourth-order valence-electron chi connectivity index (χ4n) is 9.84. The lowest BCUT2D eigenvalue weighted by atomic mass is 9.81. The Morgan fingerprint density at radius 2 is 1.13 bits per heavy atom. The fraction of sp³-hybridized carbons (Fsp3) is 0.459. The summed E-state index contributed by atoms with van der Waals surface area (Å²) in [5.74, 6) is 4.39. The topological polar surface area (TPSA) is 0 Å². The summed E-state index contributed by atoms with van der Waals surface area (Å²) in [7, 11) is -1.66. The molecule has 0 N–H and O–H groups in total. The van der Waals surface area contributed by atoms with Crippen molar-refractivity contribution in [2.24, 2.45) is 35.5 Å². The fourth-order valence-corrected chi connectivity index (χ4v) is 17.4. The molecule has 0 spiro atoms. The third-order valence-electron chi connectivity index (χ3n) is 11.1. The SMILES string of the molecule is CCCC[Si](C)(C1C(C)CC2C(c3ccccc3)=CC=CC21)C1C(C)CC2C(c3ccccc3)=CC=CC21. The van der Waals surface area contributed by atoms with E-state index in [4.69, 9.17) is 0 Å². The molecule has 2 fully saturated rings. The molecule has 4 aliphatic rings. The number of hydrogen-bond donors (Lipinski definition) is 0. The van der Waals surface area contributed by atoms with E-state index >= 15 is 0 Å². The maximum absolute atomic E-state index is 2.87. The minimum absolute atomic E-state index is 0.685. The van der Waals surface area contributed by atoms with E-state index in [2.05, 4.69) is 124 Å². The van der Waals surface area contributed by atoms with Crippen LogP contribution in [0, 0.1) is 35.5 Å². The van der Waals surface area contributed by atoms with Crippen molar-refractivity contribution < 1.29 is 0 Å². The van der Waals surface area contributed by atoms with E-state index in [1.165, 1.54) is 42.9 Å². The molecule has 8 unspecified atom stereocenters. The third kappa shape index (κ3) is 4.36. The van der Waals surface area contributed by atoms with E-state index in [1.54, 1.807) is 11.1 Å². The predicted octanol–water partition coefficient (Wildman–Crippen LogP) is 10.5. The Balaban J connectivity index is 1.36. The van der Waals surface area contributed by atoms with E-state index in [1.807, 2.05) is 0 Å². The number of allylic oxidation sites excluding steroid dienone is 8. The maximum atomic E-state index is 2.87. The van der Waals surface area contributed by atoms with E-state index in [9.17, 15) is 0 Å². The molecule has 198 valence electrons. The number of fused-ring (bicyclic) bond motifs is 2. The average Bonchev–Trinajstić information content (AvgIpc) is 3.48. The molecule has 0 amide bonds. The molecule has 0 aromatic heterocycles. The van der Waals surface area contributed by atoms with Crippen LogP contribution in [0.15, 0.2) is 97.1 Å². The average molecular weight is 519 g/mol. The van der Waals surface area contributed by atoms with Crippen molar-refractivity contribution in [2.45, 2.75) is 70.1 Å². The third-order valence-corrected chi connectivity index (χ3v) is 17.4. The zero-order valence-corrected chi connectivity index (χ0v) is 24.9. The molecule has 1 heteroatoms. The van der Waals surface area contributed by atoms with E-state index < -0.39 is 8.07 Å². The summed E-state index contributed by atoms with van der Waals surface area (Å²) in [6.45, 7) is 10.5. The smallest absolute Gasteiger partial charge is 0.0584 e. The summed E-state index contributed by atoms with van der Waals surface area (Å²) in [6.07, 6.45) is 20.4. The Morgan fingerprint density at radius 1 is 0.684 bits per heavy atom. The van der Waals surface area contributed by atoms with Crippen molar-refractivity contribution in [1.82, 2.24) is 0 Å². The minimum atomic E-state index is -1.66. The van der Waals surface area contributed by atoms with Gasteiger partial charge < -0.3 is 0 Å². The zero-order chi connectivity index (χ0) is 26.3. The summed E-state index contributed by atoms with van der Waals surface area (Å²) in [4.78, 5) is 0. The molecule has 0 saturated heterocycles. The molecular weight excluding hydrogens is 472 g/mol. The van der Waals surface area contributed by atoms with Crippen molar-refractivity contribution >= 4 is 19.2 Å². The van der Waals surface area contributed by atoms with Gasteiger partial charge in [-0.25, -0.2) is 0 Å². The van der Waals surface area contributed by atoms with Gasteiger partial charge in [-0.3, -0.25) is 0 Å². The van der Waals surface area contributed by atoms with Crippen molar-refractivity contribution in [2.75, 3.05) is 0 Å². The number of unbranched alkanes of at least 4 members (excludes halogenated alkanes) is 1. The lowest BCUT2D eigenvalue weighted by molar-refractivity contribution is 0.487. The predicted molar refractivity (Wildman–Crippen MR) is 167 cm³/mol. The highest BCUT2D eigenvalue weighted by Crippen LogP contribution is 2.65. The number of rotatable bonds is 7. The monoisotopic (exact) mass is 518 g/mol. The standard InChI is InChI=1S/C37H46Si/c1-5-6-23-38(4,36-26(2)24-34-30(19-13-21-32(34)36)28-15-9-7-10-16-28)37-27(3)25-35-31(20-14-22-33(35)37)29-17-11-8-12-18-29/h7-22,26-27,32-37H,5-6,23-25H2,1-4H3. The van der Waals surface area contributed by atoms with Crippen LogP contribution in [-0.2, 0) is 0 Å². The first-order valence-electron chi connectivity index (χ1n) is 15.4.